The molecular formula is C16H23N3O3S. The molecule has 1 saturated heterocycles. The van der Waals surface area contributed by atoms with Crippen LogP contribution in [0.1, 0.15) is 18.9 Å². The van der Waals surface area contributed by atoms with E-state index < -0.39 is 9.84 Å². The average molecular weight is 337 g/mol. The molecule has 2 heterocycles. The number of amides is 2. The van der Waals surface area contributed by atoms with E-state index in [1.54, 1.807) is 0 Å². The van der Waals surface area contributed by atoms with Gasteiger partial charge < -0.3 is 15.5 Å². The smallest absolute Gasteiger partial charge is 0.315 e. The molecule has 0 aromatic heterocycles. The predicted octanol–water partition coefficient (Wildman–Crippen LogP) is 0.924. The summed E-state index contributed by atoms with van der Waals surface area (Å²) in [6.07, 6.45) is 1.54. The Balaban J connectivity index is 1.46. The van der Waals surface area contributed by atoms with E-state index in [0.717, 1.165) is 13.0 Å². The summed E-state index contributed by atoms with van der Waals surface area (Å²) >= 11 is 0. The van der Waals surface area contributed by atoms with E-state index >= 15 is 0 Å². The third-order valence-corrected chi connectivity index (χ3v) is 6.32. The van der Waals surface area contributed by atoms with Crippen molar-refractivity contribution in [3.05, 3.63) is 29.8 Å². The van der Waals surface area contributed by atoms with Crippen molar-refractivity contribution in [1.82, 2.24) is 10.6 Å². The molecule has 0 aliphatic carbocycles. The molecule has 0 radical (unpaired) electrons. The molecule has 0 unspecified atom stereocenters. The monoisotopic (exact) mass is 337 g/mol. The third kappa shape index (κ3) is 3.77. The van der Waals surface area contributed by atoms with Crippen molar-refractivity contribution < 1.29 is 13.2 Å². The Labute approximate surface area is 137 Å². The van der Waals surface area contributed by atoms with Crippen LogP contribution in [0.3, 0.4) is 0 Å². The van der Waals surface area contributed by atoms with Crippen LogP contribution in [0.2, 0.25) is 0 Å². The van der Waals surface area contributed by atoms with Crippen LogP contribution in [-0.4, -0.2) is 51.1 Å². The number of sulfone groups is 1. The number of para-hydroxylation sites is 1. The van der Waals surface area contributed by atoms with Gasteiger partial charge in [-0.1, -0.05) is 18.2 Å². The number of carbonyl (C=O) groups excluding carboxylic acids is 1. The van der Waals surface area contributed by atoms with Crippen molar-refractivity contribution in [1.29, 1.82) is 0 Å². The molecule has 1 aromatic carbocycles. The number of nitrogens with one attached hydrogen (secondary N) is 2. The van der Waals surface area contributed by atoms with Crippen molar-refractivity contribution in [2.24, 2.45) is 0 Å². The number of carbonyl (C=O) groups is 1. The largest absolute Gasteiger partial charge is 0.367 e. The Morgan fingerprint density at radius 3 is 2.87 bits per heavy atom. The molecule has 0 saturated carbocycles. The van der Waals surface area contributed by atoms with Crippen LogP contribution in [0.25, 0.3) is 0 Å². The molecule has 2 atom stereocenters. The molecule has 2 N–H and O–H groups in total. The summed E-state index contributed by atoms with van der Waals surface area (Å²) in [4.78, 5) is 14.2. The van der Waals surface area contributed by atoms with Gasteiger partial charge in [-0.25, -0.2) is 13.2 Å². The molecule has 0 bridgehead atoms. The summed E-state index contributed by atoms with van der Waals surface area (Å²) in [5.74, 6) is 0.219. The number of anilines is 1. The summed E-state index contributed by atoms with van der Waals surface area (Å²) in [6.45, 7) is 3.46. The average Bonchev–Trinajstić information content (AvgIpc) is 2.99. The molecule has 7 heteroatoms. The first-order chi connectivity index (χ1) is 10.9. The molecule has 2 aliphatic heterocycles. The fourth-order valence-electron chi connectivity index (χ4n) is 3.41. The van der Waals surface area contributed by atoms with Crippen LogP contribution in [0.4, 0.5) is 10.5 Å². The topological polar surface area (TPSA) is 78.5 Å². The second-order valence-electron chi connectivity index (χ2n) is 6.38. The van der Waals surface area contributed by atoms with E-state index in [-0.39, 0.29) is 23.6 Å². The van der Waals surface area contributed by atoms with E-state index in [1.165, 1.54) is 11.3 Å². The van der Waals surface area contributed by atoms with Gasteiger partial charge in [0.15, 0.2) is 9.84 Å². The molecule has 0 spiro atoms. The van der Waals surface area contributed by atoms with Crippen LogP contribution in [0, 0.1) is 0 Å². The van der Waals surface area contributed by atoms with E-state index in [1.807, 2.05) is 6.07 Å². The van der Waals surface area contributed by atoms with Crippen molar-refractivity contribution in [2.45, 2.75) is 31.8 Å². The highest BCUT2D eigenvalue weighted by atomic mass is 32.2. The third-order valence-electron chi connectivity index (χ3n) is 4.55. The summed E-state index contributed by atoms with van der Waals surface area (Å²) < 4.78 is 22.8. The van der Waals surface area contributed by atoms with Crippen LogP contribution >= 0.6 is 0 Å². The van der Waals surface area contributed by atoms with E-state index in [9.17, 15) is 13.2 Å². The fourth-order valence-corrected chi connectivity index (χ4v) is 5.08. The van der Waals surface area contributed by atoms with Gasteiger partial charge in [0.1, 0.15) is 0 Å². The summed E-state index contributed by atoms with van der Waals surface area (Å²) in [5, 5.41) is 5.57. The number of urea groups is 1. The highest BCUT2D eigenvalue weighted by Crippen LogP contribution is 2.31. The lowest BCUT2D eigenvalue weighted by molar-refractivity contribution is 0.238. The van der Waals surface area contributed by atoms with E-state index in [2.05, 4.69) is 40.7 Å². The zero-order valence-corrected chi connectivity index (χ0v) is 14.1. The lowest BCUT2D eigenvalue weighted by atomic mass is 10.1. The van der Waals surface area contributed by atoms with Crippen LogP contribution in [-0.2, 0) is 16.3 Å². The number of benzene rings is 1. The maximum Gasteiger partial charge on any atom is 0.315 e. The molecule has 2 amide bonds. The second kappa shape index (κ2) is 6.39. The lowest BCUT2D eigenvalue weighted by Crippen LogP contribution is -2.45. The van der Waals surface area contributed by atoms with Gasteiger partial charge in [-0.15, -0.1) is 0 Å². The van der Waals surface area contributed by atoms with E-state index in [0.29, 0.717) is 19.0 Å². The molecule has 1 fully saturated rings. The molecule has 6 nitrogen and oxygen atoms in total. The minimum absolute atomic E-state index is 0.0525. The number of rotatable bonds is 4. The summed E-state index contributed by atoms with van der Waals surface area (Å²) in [7, 11) is -2.97. The zero-order valence-electron chi connectivity index (χ0n) is 13.3. The molecule has 126 valence electrons. The van der Waals surface area contributed by atoms with Crippen LogP contribution in [0.5, 0.6) is 0 Å². The minimum atomic E-state index is -2.97. The van der Waals surface area contributed by atoms with Gasteiger partial charge in [-0.05, 0) is 31.4 Å². The Morgan fingerprint density at radius 2 is 2.13 bits per heavy atom. The van der Waals surface area contributed by atoms with Crippen molar-refractivity contribution in [3.63, 3.8) is 0 Å². The molecular weight excluding hydrogens is 314 g/mol. The quantitative estimate of drug-likeness (QED) is 0.856. The second-order valence-corrected chi connectivity index (χ2v) is 8.60. The van der Waals surface area contributed by atoms with Gasteiger partial charge >= 0.3 is 6.03 Å². The fraction of sp³-hybridized carbons (Fsp3) is 0.562. The van der Waals surface area contributed by atoms with Crippen LogP contribution in [0.15, 0.2) is 24.3 Å². The maximum atomic E-state index is 11.9. The number of hydrogen-bond acceptors (Lipinski definition) is 4. The maximum absolute atomic E-state index is 11.9. The first-order valence-corrected chi connectivity index (χ1v) is 9.86. The van der Waals surface area contributed by atoms with Gasteiger partial charge in [-0.3, -0.25) is 0 Å². The highest BCUT2D eigenvalue weighted by Gasteiger charge is 2.29. The number of hydrogen-bond donors (Lipinski definition) is 2. The summed E-state index contributed by atoms with van der Waals surface area (Å²) in [5.41, 5.74) is 2.59. The van der Waals surface area contributed by atoms with Gasteiger partial charge in [0.2, 0.25) is 0 Å². The van der Waals surface area contributed by atoms with Gasteiger partial charge in [0, 0.05) is 30.9 Å². The zero-order chi connectivity index (χ0) is 16.4. The van der Waals surface area contributed by atoms with E-state index in [4.69, 9.17) is 0 Å². The normalized spacial score (nSPS) is 25.2. The summed E-state index contributed by atoms with van der Waals surface area (Å²) in [6, 6.07) is 8.23. The predicted molar refractivity (Wildman–Crippen MR) is 90.5 cm³/mol. The van der Waals surface area contributed by atoms with Gasteiger partial charge in [0.25, 0.3) is 0 Å². The first-order valence-electron chi connectivity index (χ1n) is 8.04. The van der Waals surface area contributed by atoms with Crippen LogP contribution < -0.4 is 15.5 Å². The van der Waals surface area contributed by atoms with Gasteiger partial charge in [0.05, 0.1) is 11.5 Å². The number of nitrogens with zero attached hydrogens (tertiary/aromatic N) is 1. The SMILES string of the molecule is C[C@H]1Cc2ccccc2N1CCNC(=O)N[C@H]1CCS(=O)(=O)C1. The highest BCUT2D eigenvalue weighted by molar-refractivity contribution is 7.91. The minimum Gasteiger partial charge on any atom is -0.367 e. The van der Waals surface area contributed by atoms with Crippen molar-refractivity contribution in [2.75, 3.05) is 29.5 Å². The Kier molecular flexibility index (Phi) is 4.48. The molecule has 1 aromatic rings. The lowest BCUT2D eigenvalue weighted by Gasteiger charge is -2.25. The van der Waals surface area contributed by atoms with Crippen molar-refractivity contribution >= 4 is 21.6 Å². The Morgan fingerprint density at radius 1 is 1.35 bits per heavy atom. The van der Waals surface area contributed by atoms with Gasteiger partial charge in [-0.2, -0.15) is 0 Å². The first kappa shape index (κ1) is 16.1. The Bertz CT molecular complexity index is 690. The standard InChI is InChI=1S/C16H23N3O3S/c1-12-10-13-4-2-3-5-15(13)19(12)8-7-17-16(20)18-14-6-9-23(21,22)11-14/h2-5,12,14H,6-11H2,1H3,(H2,17,18,20)/t12-,14-/m0/s1. The number of fused-ring (bicyclic) bond motifs is 1. The Hall–Kier alpha value is -1.76. The molecule has 3 rings (SSSR count). The molecule has 2 aliphatic rings. The molecule has 23 heavy (non-hydrogen) atoms. The van der Waals surface area contributed by atoms with Crippen molar-refractivity contribution in [3.8, 4) is 0 Å².